The SMILES string of the molecule is COc1cc2c(Nc3ccc(NC(=O)c4ccccc4F)cc3)ncnc2cc1OCCCN1CCOCC1. The van der Waals surface area contributed by atoms with E-state index in [1.165, 1.54) is 18.5 Å². The molecule has 5 rings (SSSR count). The molecule has 2 N–H and O–H groups in total. The molecule has 10 heteroatoms. The van der Waals surface area contributed by atoms with Crippen molar-refractivity contribution in [1.82, 2.24) is 14.9 Å². The van der Waals surface area contributed by atoms with Crippen LogP contribution in [-0.4, -0.2) is 67.3 Å². The Kier molecular flexibility index (Phi) is 8.45. The molecule has 1 fully saturated rings. The number of benzene rings is 3. The lowest BCUT2D eigenvalue weighted by atomic mass is 10.2. The summed E-state index contributed by atoms with van der Waals surface area (Å²) in [5.74, 6) is 0.743. The van der Waals surface area contributed by atoms with Gasteiger partial charge in [0.05, 0.1) is 38.0 Å². The number of morpholine rings is 1. The number of hydrogen-bond donors (Lipinski definition) is 2. The number of nitrogens with zero attached hydrogens (tertiary/aromatic N) is 3. The Balaban J connectivity index is 1.24. The molecule has 2 heterocycles. The third-order valence-corrected chi connectivity index (χ3v) is 6.42. The van der Waals surface area contributed by atoms with Gasteiger partial charge in [-0.15, -0.1) is 0 Å². The van der Waals surface area contributed by atoms with Gasteiger partial charge in [0, 0.05) is 42.5 Å². The van der Waals surface area contributed by atoms with Crippen molar-refractivity contribution in [2.24, 2.45) is 0 Å². The average molecular weight is 532 g/mol. The van der Waals surface area contributed by atoms with Gasteiger partial charge in [-0.2, -0.15) is 0 Å². The summed E-state index contributed by atoms with van der Waals surface area (Å²) in [7, 11) is 1.60. The summed E-state index contributed by atoms with van der Waals surface area (Å²) in [6, 6.07) is 16.6. The second-order valence-electron chi connectivity index (χ2n) is 9.03. The number of fused-ring (bicyclic) bond motifs is 1. The van der Waals surface area contributed by atoms with Gasteiger partial charge in [-0.25, -0.2) is 14.4 Å². The van der Waals surface area contributed by atoms with E-state index in [1.54, 1.807) is 43.5 Å². The van der Waals surface area contributed by atoms with Crippen LogP contribution >= 0.6 is 0 Å². The van der Waals surface area contributed by atoms with Gasteiger partial charge >= 0.3 is 0 Å². The highest BCUT2D eigenvalue weighted by molar-refractivity contribution is 6.04. The number of aromatic nitrogens is 2. The van der Waals surface area contributed by atoms with E-state index in [0.717, 1.165) is 50.3 Å². The van der Waals surface area contributed by atoms with Crippen molar-refractivity contribution in [3.63, 3.8) is 0 Å². The van der Waals surface area contributed by atoms with Crippen LogP contribution in [0.4, 0.5) is 21.6 Å². The number of anilines is 3. The van der Waals surface area contributed by atoms with Crippen LogP contribution in [-0.2, 0) is 4.74 Å². The predicted molar refractivity (Wildman–Crippen MR) is 148 cm³/mol. The molecule has 0 atom stereocenters. The summed E-state index contributed by atoms with van der Waals surface area (Å²) >= 11 is 0. The van der Waals surface area contributed by atoms with Crippen molar-refractivity contribution in [3.8, 4) is 11.5 Å². The van der Waals surface area contributed by atoms with Gasteiger partial charge in [0.25, 0.3) is 5.91 Å². The van der Waals surface area contributed by atoms with Crippen LogP contribution in [0.5, 0.6) is 11.5 Å². The van der Waals surface area contributed by atoms with Crippen molar-refractivity contribution in [3.05, 3.63) is 78.4 Å². The van der Waals surface area contributed by atoms with Gasteiger partial charge in [-0.05, 0) is 48.9 Å². The molecule has 0 unspecified atom stereocenters. The fourth-order valence-electron chi connectivity index (χ4n) is 4.35. The smallest absolute Gasteiger partial charge is 0.258 e. The first-order valence-electron chi connectivity index (χ1n) is 12.8. The molecule has 0 saturated carbocycles. The van der Waals surface area contributed by atoms with Gasteiger partial charge in [0.2, 0.25) is 0 Å². The number of amides is 1. The molecule has 0 radical (unpaired) electrons. The second-order valence-corrected chi connectivity index (χ2v) is 9.03. The van der Waals surface area contributed by atoms with E-state index >= 15 is 0 Å². The van der Waals surface area contributed by atoms with Crippen LogP contribution in [0.1, 0.15) is 16.8 Å². The quantitative estimate of drug-likeness (QED) is 0.280. The van der Waals surface area contributed by atoms with Gasteiger partial charge in [-0.3, -0.25) is 9.69 Å². The maximum atomic E-state index is 13.9. The number of hydrogen-bond acceptors (Lipinski definition) is 8. The first kappa shape index (κ1) is 26.3. The zero-order valence-corrected chi connectivity index (χ0v) is 21.7. The Morgan fingerprint density at radius 2 is 1.79 bits per heavy atom. The number of methoxy groups -OCH3 is 1. The molecule has 0 spiro atoms. The molecule has 9 nitrogen and oxygen atoms in total. The van der Waals surface area contributed by atoms with Crippen LogP contribution < -0.4 is 20.1 Å². The largest absolute Gasteiger partial charge is 0.493 e. The first-order valence-corrected chi connectivity index (χ1v) is 12.8. The van der Waals surface area contributed by atoms with Crippen LogP contribution in [0.15, 0.2) is 67.0 Å². The maximum Gasteiger partial charge on any atom is 0.258 e. The van der Waals surface area contributed by atoms with E-state index < -0.39 is 11.7 Å². The Morgan fingerprint density at radius 1 is 1.03 bits per heavy atom. The summed E-state index contributed by atoms with van der Waals surface area (Å²) in [5.41, 5.74) is 1.99. The molecule has 4 aromatic rings. The Hall–Kier alpha value is -4.28. The molecular weight excluding hydrogens is 501 g/mol. The lowest BCUT2D eigenvalue weighted by Crippen LogP contribution is -2.37. The molecule has 0 aliphatic carbocycles. The van der Waals surface area contributed by atoms with Crippen molar-refractivity contribution >= 4 is 34.0 Å². The van der Waals surface area contributed by atoms with Crippen molar-refractivity contribution in [2.45, 2.75) is 6.42 Å². The number of nitrogens with one attached hydrogen (secondary N) is 2. The minimum absolute atomic E-state index is 0.0124. The average Bonchev–Trinajstić information content (AvgIpc) is 2.97. The molecule has 1 aliphatic heterocycles. The Labute approximate surface area is 225 Å². The molecule has 1 aliphatic rings. The highest BCUT2D eigenvalue weighted by atomic mass is 19.1. The molecule has 3 aromatic carbocycles. The molecule has 39 heavy (non-hydrogen) atoms. The fourth-order valence-corrected chi connectivity index (χ4v) is 4.35. The fraction of sp³-hybridized carbons (Fsp3) is 0.276. The van der Waals surface area contributed by atoms with Gasteiger partial charge in [0.1, 0.15) is 18.0 Å². The van der Waals surface area contributed by atoms with Crippen molar-refractivity contribution < 1.29 is 23.4 Å². The van der Waals surface area contributed by atoms with E-state index in [0.29, 0.717) is 35.1 Å². The zero-order valence-electron chi connectivity index (χ0n) is 21.7. The van der Waals surface area contributed by atoms with Crippen LogP contribution in [0, 0.1) is 5.82 Å². The van der Waals surface area contributed by atoms with Crippen molar-refractivity contribution in [2.75, 3.05) is 57.2 Å². The standard InChI is InChI=1S/C29H30FN5O4/c1-37-26-17-23-25(18-27(26)39-14-4-11-35-12-15-38-16-13-35)31-19-32-28(23)33-20-7-9-21(10-8-20)34-29(36)22-5-2-3-6-24(22)30/h2-3,5-10,17-19H,4,11-16H2,1H3,(H,34,36)(H,31,32,33). The summed E-state index contributed by atoms with van der Waals surface area (Å²) in [5, 5.41) is 6.77. The molecule has 1 aromatic heterocycles. The van der Waals surface area contributed by atoms with Crippen molar-refractivity contribution in [1.29, 1.82) is 0 Å². The highest BCUT2D eigenvalue weighted by Gasteiger charge is 2.14. The van der Waals surface area contributed by atoms with E-state index in [4.69, 9.17) is 14.2 Å². The predicted octanol–water partition coefficient (Wildman–Crippen LogP) is 4.87. The van der Waals surface area contributed by atoms with E-state index in [1.807, 2.05) is 12.1 Å². The Bertz CT molecular complexity index is 1430. The first-order chi connectivity index (χ1) is 19.1. The van der Waals surface area contributed by atoms with E-state index in [-0.39, 0.29) is 5.56 Å². The molecule has 0 bridgehead atoms. The van der Waals surface area contributed by atoms with Gasteiger partial charge < -0.3 is 24.8 Å². The minimum Gasteiger partial charge on any atom is -0.493 e. The number of ether oxygens (including phenoxy) is 3. The van der Waals surface area contributed by atoms with Crippen LogP contribution in [0.25, 0.3) is 10.9 Å². The third kappa shape index (κ3) is 6.60. The zero-order chi connectivity index (χ0) is 27.0. The topological polar surface area (TPSA) is 97.8 Å². The second kappa shape index (κ2) is 12.5. The highest BCUT2D eigenvalue weighted by Crippen LogP contribution is 2.35. The summed E-state index contributed by atoms with van der Waals surface area (Å²) < 4.78 is 30.9. The monoisotopic (exact) mass is 531 g/mol. The lowest BCUT2D eigenvalue weighted by molar-refractivity contribution is 0.0357. The van der Waals surface area contributed by atoms with Gasteiger partial charge in [0.15, 0.2) is 11.5 Å². The minimum atomic E-state index is -0.569. The molecule has 202 valence electrons. The number of carbonyl (C=O) groups is 1. The number of rotatable bonds is 10. The van der Waals surface area contributed by atoms with E-state index in [9.17, 15) is 9.18 Å². The number of carbonyl (C=O) groups excluding carboxylic acids is 1. The summed E-state index contributed by atoms with van der Waals surface area (Å²) in [6.45, 7) is 5.00. The summed E-state index contributed by atoms with van der Waals surface area (Å²) in [4.78, 5) is 23.6. The van der Waals surface area contributed by atoms with Crippen LogP contribution in [0.3, 0.4) is 0 Å². The Morgan fingerprint density at radius 3 is 2.56 bits per heavy atom. The number of halogens is 1. The summed E-state index contributed by atoms with van der Waals surface area (Å²) in [6.07, 6.45) is 2.39. The lowest BCUT2D eigenvalue weighted by Gasteiger charge is -2.26. The normalized spacial score (nSPS) is 13.7. The molecule has 1 saturated heterocycles. The molecule has 1 amide bonds. The third-order valence-electron chi connectivity index (χ3n) is 6.42. The van der Waals surface area contributed by atoms with Gasteiger partial charge in [-0.1, -0.05) is 12.1 Å². The van der Waals surface area contributed by atoms with E-state index in [2.05, 4.69) is 25.5 Å². The molecular formula is C29H30FN5O4. The maximum absolute atomic E-state index is 13.9. The van der Waals surface area contributed by atoms with Crippen LogP contribution in [0.2, 0.25) is 0 Å².